The molecule has 2 aromatic rings. The lowest BCUT2D eigenvalue weighted by Crippen LogP contribution is -2.06. The summed E-state index contributed by atoms with van der Waals surface area (Å²) >= 11 is 0. The molecular weight excluding hydrogens is 240 g/mol. The summed E-state index contributed by atoms with van der Waals surface area (Å²) in [6, 6.07) is 5.09. The summed E-state index contributed by atoms with van der Waals surface area (Å²) in [7, 11) is 0. The van der Waals surface area contributed by atoms with E-state index in [1.54, 1.807) is 43.7 Å². The minimum Gasteiger partial charge on any atom is -0.294 e. The number of hydrogen-bond acceptors (Lipinski definition) is 4. The number of Topliss-reactive ketones (excluding diaryl/α,β-unsaturated/α-hetero) is 2. The van der Waals surface area contributed by atoms with Gasteiger partial charge in [0.1, 0.15) is 0 Å². The van der Waals surface area contributed by atoms with Gasteiger partial charge in [-0.05, 0) is 37.6 Å². The second-order valence-electron chi connectivity index (χ2n) is 4.37. The zero-order chi connectivity index (χ0) is 13.8. The number of pyridine rings is 2. The van der Waals surface area contributed by atoms with Gasteiger partial charge in [-0.15, -0.1) is 0 Å². The molecule has 0 radical (unpaired) electrons. The van der Waals surface area contributed by atoms with Gasteiger partial charge in [0.2, 0.25) is 0 Å². The van der Waals surface area contributed by atoms with Crippen molar-refractivity contribution in [3.05, 3.63) is 59.2 Å². The van der Waals surface area contributed by atoms with Crippen molar-refractivity contribution in [3.8, 4) is 0 Å². The van der Waals surface area contributed by atoms with Gasteiger partial charge in [0.05, 0.1) is 0 Å². The minimum absolute atomic E-state index is 0.0115. The maximum Gasteiger partial charge on any atom is 0.167 e. The molecule has 4 heteroatoms. The number of aryl methyl sites for hydroxylation is 1. The van der Waals surface area contributed by atoms with Crippen molar-refractivity contribution in [2.75, 3.05) is 0 Å². The highest BCUT2D eigenvalue weighted by atomic mass is 16.1. The lowest BCUT2D eigenvalue weighted by atomic mass is 10.0. The van der Waals surface area contributed by atoms with Crippen LogP contribution in [0.1, 0.15) is 38.9 Å². The third-order valence-corrected chi connectivity index (χ3v) is 2.89. The predicted molar refractivity (Wildman–Crippen MR) is 71.3 cm³/mol. The highest BCUT2D eigenvalue weighted by Crippen LogP contribution is 2.11. The molecule has 0 amide bonds. The van der Waals surface area contributed by atoms with Gasteiger partial charge < -0.3 is 0 Å². The molecule has 2 heterocycles. The van der Waals surface area contributed by atoms with Crippen molar-refractivity contribution < 1.29 is 9.59 Å². The van der Waals surface area contributed by atoms with Gasteiger partial charge in [-0.1, -0.05) is 0 Å². The van der Waals surface area contributed by atoms with E-state index in [9.17, 15) is 9.59 Å². The van der Waals surface area contributed by atoms with Crippen LogP contribution in [-0.4, -0.2) is 21.5 Å². The van der Waals surface area contributed by atoms with E-state index in [1.165, 1.54) is 6.92 Å². The normalized spacial score (nSPS) is 10.2. The number of carbonyl (C=O) groups excluding carboxylic acids is 2. The lowest BCUT2D eigenvalue weighted by Gasteiger charge is -2.05. The standard InChI is InChI=1S/C15H14N2O2/c1-10-14(11(2)18)7-12(9-17-10)8-15(19)13-3-5-16-6-4-13/h3-7,9H,8H2,1-2H3. The van der Waals surface area contributed by atoms with Crippen molar-refractivity contribution in [1.29, 1.82) is 0 Å². The minimum atomic E-state index is -0.0387. The first-order chi connectivity index (χ1) is 9.08. The third-order valence-electron chi connectivity index (χ3n) is 2.89. The number of carbonyl (C=O) groups is 2. The smallest absolute Gasteiger partial charge is 0.167 e. The van der Waals surface area contributed by atoms with Crippen LogP contribution in [-0.2, 0) is 6.42 Å². The van der Waals surface area contributed by atoms with Gasteiger partial charge in [0, 0.05) is 41.8 Å². The first-order valence-corrected chi connectivity index (χ1v) is 5.97. The number of nitrogens with zero attached hydrogens (tertiary/aromatic N) is 2. The monoisotopic (exact) mass is 254 g/mol. The Morgan fingerprint density at radius 1 is 1.21 bits per heavy atom. The third kappa shape index (κ3) is 3.10. The van der Waals surface area contributed by atoms with E-state index in [2.05, 4.69) is 9.97 Å². The Balaban J connectivity index is 2.23. The van der Waals surface area contributed by atoms with Gasteiger partial charge >= 0.3 is 0 Å². The average Bonchev–Trinajstić information content (AvgIpc) is 2.41. The SMILES string of the molecule is CC(=O)c1cc(CC(=O)c2ccncc2)cnc1C. The van der Waals surface area contributed by atoms with Gasteiger partial charge in [-0.3, -0.25) is 19.6 Å². The molecule has 0 fully saturated rings. The molecule has 0 N–H and O–H groups in total. The largest absolute Gasteiger partial charge is 0.294 e. The topological polar surface area (TPSA) is 59.9 Å². The van der Waals surface area contributed by atoms with Gasteiger partial charge in [-0.25, -0.2) is 0 Å². The van der Waals surface area contributed by atoms with Crippen LogP contribution in [0.4, 0.5) is 0 Å². The highest BCUT2D eigenvalue weighted by Gasteiger charge is 2.10. The van der Waals surface area contributed by atoms with E-state index in [1.807, 2.05) is 0 Å². The second-order valence-corrected chi connectivity index (χ2v) is 4.37. The molecule has 0 saturated carbocycles. The van der Waals surface area contributed by atoms with Crippen LogP contribution in [0, 0.1) is 6.92 Å². The second kappa shape index (κ2) is 5.52. The van der Waals surface area contributed by atoms with E-state index in [-0.39, 0.29) is 18.0 Å². The van der Waals surface area contributed by atoms with Crippen molar-refractivity contribution in [2.24, 2.45) is 0 Å². The van der Waals surface area contributed by atoms with Crippen LogP contribution >= 0.6 is 0 Å². The fourth-order valence-electron chi connectivity index (χ4n) is 1.85. The van der Waals surface area contributed by atoms with E-state index in [4.69, 9.17) is 0 Å². The van der Waals surface area contributed by atoms with Gasteiger partial charge in [0.25, 0.3) is 0 Å². The first-order valence-electron chi connectivity index (χ1n) is 5.97. The zero-order valence-corrected chi connectivity index (χ0v) is 10.9. The number of rotatable bonds is 4. The molecule has 96 valence electrons. The number of hydrogen-bond donors (Lipinski definition) is 0. The predicted octanol–water partition coefficient (Wildman–Crippen LogP) is 2.41. The van der Waals surface area contributed by atoms with Gasteiger partial charge in [0.15, 0.2) is 11.6 Å². The molecule has 19 heavy (non-hydrogen) atoms. The van der Waals surface area contributed by atoms with Crippen LogP contribution in [0.15, 0.2) is 36.8 Å². The molecule has 0 aliphatic rings. The molecule has 0 spiro atoms. The van der Waals surface area contributed by atoms with Crippen LogP contribution in [0.5, 0.6) is 0 Å². The summed E-state index contributed by atoms with van der Waals surface area (Å²) in [5, 5.41) is 0. The van der Waals surface area contributed by atoms with Crippen molar-refractivity contribution in [2.45, 2.75) is 20.3 Å². The van der Waals surface area contributed by atoms with Crippen molar-refractivity contribution >= 4 is 11.6 Å². The summed E-state index contributed by atoms with van der Waals surface area (Å²) in [6.45, 7) is 3.28. The summed E-state index contributed by atoms with van der Waals surface area (Å²) in [5.41, 5.74) is 2.62. The quantitative estimate of drug-likeness (QED) is 0.786. The van der Waals surface area contributed by atoms with Crippen LogP contribution < -0.4 is 0 Å². The molecule has 0 aliphatic heterocycles. The van der Waals surface area contributed by atoms with Crippen LogP contribution in [0.3, 0.4) is 0 Å². The summed E-state index contributed by atoms with van der Waals surface area (Å²) in [5.74, 6) is -0.0502. The Morgan fingerprint density at radius 3 is 2.53 bits per heavy atom. The van der Waals surface area contributed by atoms with E-state index in [0.717, 1.165) is 5.56 Å². The Morgan fingerprint density at radius 2 is 1.89 bits per heavy atom. The number of ketones is 2. The molecule has 0 unspecified atom stereocenters. The molecule has 2 rings (SSSR count). The molecule has 0 aromatic carbocycles. The maximum absolute atomic E-state index is 12.0. The van der Waals surface area contributed by atoms with Crippen molar-refractivity contribution in [1.82, 2.24) is 9.97 Å². The Hall–Kier alpha value is -2.36. The average molecular weight is 254 g/mol. The lowest BCUT2D eigenvalue weighted by molar-refractivity contribution is 0.0987. The fourth-order valence-corrected chi connectivity index (χ4v) is 1.85. The molecule has 4 nitrogen and oxygen atoms in total. The number of aromatic nitrogens is 2. The van der Waals surface area contributed by atoms with E-state index in [0.29, 0.717) is 16.8 Å². The van der Waals surface area contributed by atoms with Gasteiger partial charge in [-0.2, -0.15) is 0 Å². The van der Waals surface area contributed by atoms with E-state index < -0.39 is 0 Å². The Bertz CT molecular complexity index is 621. The summed E-state index contributed by atoms with van der Waals surface area (Å²) in [6.07, 6.45) is 5.04. The molecule has 0 bridgehead atoms. The molecule has 0 saturated heterocycles. The Labute approximate surface area is 111 Å². The first kappa shape index (κ1) is 13.1. The molecule has 0 aliphatic carbocycles. The summed E-state index contributed by atoms with van der Waals surface area (Å²) < 4.78 is 0. The molecule has 0 atom stereocenters. The zero-order valence-electron chi connectivity index (χ0n) is 10.9. The highest BCUT2D eigenvalue weighted by molar-refractivity contribution is 5.98. The van der Waals surface area contributed by atoms with Crippen LogP contribution in [0.2, 0.25) is 0 Å². The molecule has 2 aromatic heterocycles. The van der Waals surface area contributed by atoms with Crippen LogP contribution in [0.25, 0.3) is 0 Å². The van der Waals surface area contributed by atoms with Crippen molar-refractivity contribution in [3.63, 3.8) is 0 Å². The van der Waals surface area contributed by atoms with E-state index >= 15 is 0 Å². The Kier molecular flexibility index (Phi) is 3.80. The maximum atomic E-state index is 12.0. The summed E-state index contributed by atoms with van der Waals surface area (Å²) in [4.78, 5) is 31.5. The molecular formula is C15H14N2O2. The fraction of sp³-hybridized carbons (Fsp3) is 0.200.